The first-order chi connectivity index (χ1) is 8.58. The lowest BCUT2D eigenvalue weighted by Crippen LogP contribution is -2.34. The lowest BCUT2D eigenvalue weighted by atomic mass is 9.95. The van der Waals surface area contributed by atoms with Gasteiger partial charge in [0.15, 0.2) is 0 Å². The molecule has 1 aliphatic carbocycles. The van der Waals surface area contributed by atoms with E-state index in [2.05, 4.69) is 5.32 Å². The summed E-state index contributed by atoms with van der Waals surface area (Å²) >= 11 is 0. The summed E-state index contributed by atoms with van der Waals surface area (Å²) in [4.78, 5) is 23.1. The molecule has 3 atom stereocenters. The average Bonchev–Trinajstić information content (AvgIpc) is 2.94. The molecule has 2 rings (SSSR count). The minimum Gasteiger partial charge on any atom is -0.481 e. The molecule has 1 heterocycles. The van der Waals surface area contributed by atoms with Crippen molar-refractivity contribution in [2.75, 3.05) is 0 Å². The predicted octanol–water partition coefficient (Wildman–Crippen LogP) is 1.64. The fourth-order valence-corrected chi connectivity index (χ4v) is 2.57. The minimum atomic E-state index is -0.872. The van der Waals surface area contributed by atoms with Gasteiger partial charge in [-0.25, -0.2) is 0 Å². The zero-order valence-electron chi connectivity index (χ0n) is 10.3. The number of hydrogen-bond acceptors (Lipinski definition) is 3. The number of aliphatic carboxylic acids is 1. The first-order valence-corrected chi connectivity index (χ1v) is 6.09. The van der Waals surface area contributed by atoms with Crippen LogP contribution in [0.4, 0.5) is 0 Å². The zero-order valence-corrected chi connectivity index (χ0v) is 10.3. The Kier molecular flexibility index (Phi) is 3.69. The van der Waals surface area contributed by atoms with Gasteiger partial charge in [0.2, 0.25) is 5.91 Å². The first-order valence-electron chi connectivity index (χ1n) is 6.09. The second-order valence-electron chi connectivity index (χ2n) is 4.98. The van der Waals surface area contributed by atoms with E-state index in [0.717, 1.165) is 5.56 Å². The number of rotatable bonds is 4. The Hall–Kier alpha value is -1.78. The van der Waals surface area contributed by atoms with E-state index in [-0.39, 0.29) is 11.8 Å². The Morgan fingerprint density at radius 3 is 2.78 bits per heavy atom. The van der Waals surface area contributed by atoms with E-state index in [1.54, 1.807) is 18.6 Å². The van der Waals surface area contributed by atoms with Crippen LogP contribution in [0.5, 0.6) is 0 Å². The van der Waals surface area contributed by atoms with Crippen LogP contribution >= 0.6 is 0 Å². The van der Waals surface area contributed by atoms with Gasteiger partial charge in [0.1, 0.15) is 0 Å². The Morgan fingerprint density at radius 2 is 2.17 bits per heavy atom. The van der Waals surface area contributed by atoms with Gasteiger partial charge in [-0.1, -0.05) is 6.92 Å². The Bertz CT molecular complexity index is 426. The molecule has 5 nitrogen and oxygen atoms in total. The molecule has 5 heteroatoms. The van der Waals surface area contributed by atoms with E-state index >= 15 is 0 Å². The van der Waals surface area contributed by atoms with Crippen molar-refractivity contribution in [1.82, 2.24) is 5.32 Å². The van der Waals surface area contributed by atoms with Gasteiger partial charge in [0.05, 0.1) is 24.4 Å². The molecule has 0 bridgehead atoms. The third-order valence-electron chi connectivity index (χ3n) is 3.50. The van der Waals surface area contributed by atoms with Gasteiger partial charge >= 0.3 is 5.97 Å². The Morgan fingerprint density at radius 1 is 1.44 bits per heavy atom. The van der Waals surface area contributed by atoms with Crippen molar-refractivity contribution < 1.29 is 19.1 Å². The number of hydrogen-bond donors (Lipinski definition) is 2. The molecule has 0 spiro atoms. The highest BCUT2D eigenvalue weighted by Crippen LogP contribution is 2.36. The zero-order chi connectivity index (χ0) is 13.1. The molecular formula is C13H17NO4. The predicted molar refractivity (Wildman–Crippen MR) is 63.6 cm³/mol. The maximum Gasteiger partial charge on any atom is 0.307 e. The van der Waals surface area contributed by atoms with Crippen molar-refractivity contribution >= 4 is 11.9 Å². The summed E-state index contributed by atoms with van der Waals surface area (Å²) in [5.74, 6) is -1.72. The summed E-state index contributed by atoms with van der Waals surface area (Å²) in [6, 6.07) is 1.77. The molecule has 1 amide bonds. The minimum absolute atomic E-state index is 0.173. The summed E-state index contributed by atoms with van der Waals surface area (Å²) in [7, 11) is 0. The van der Waals surface area contributed by atoms with Gasteiger partial charge in [-0.3, -0.25) is 9.59 Å². The average molecular weight is 251 g/mol. The van der Waals surface area contributed by atoms with Crippen molar-refractivity contribution in [2.24, 2.45) is 17.8 Å². The molecule has 1 aromatic rings. The number of amides is 1. The second kappa shape index (κ2) is 5.25. The molecule has 18 heavy (non-hydrogen) atoms. The van der Waals surface area contributed by atoms with Crippen molar-refractivity contribution in [3.8, 4) is 0 Å². The van der Waals surface area contributed by atoms with Crippen LogP contribution in [0.3, 0.4) is 0 Å². The van der Waals surface area contributed by atoms with Crippen LogP contribution in [-0.2, 0) is 16.1 Å². The SMILES string of the molecule is CC1CC(C(=O)O)C(C(=O)NCc2ccoc2)C1. The second-order valence-corrected chi connectivity index (χ2v) is 4.98. The van der Waals surface area contributed by atoms with Crippen molar-refractivity contribution in [1.29, 1.82) is 0 Å². The molecule has 1 aromatic heterocycles. The summed E-state index contributed by atoms with van der Waals surface area (Å²) in [5.41, 5.74) is 0.876. The van der Waals surface area contributed by atoms with Gasteiger partial charge < -0.3 is 14.8 Å². The molecule has 0 aromatic carbocycles. The van der Waals surface area contributed by atoms with E-state index in [9.17, 15) is 9.59 Å². The number of furan rings is 1. The Labute approximate surface area is 105 Å². The number of carbonyl (C=O) groups excluding carboxylic acids is 1. The van der Waals surface area contributed by atoms with E-state index in [1.165, 1.54) is 0 Å². The topological polar surface area (TPSA) is 79.5 Å². The van der Waals surface area contributed by atoms with Gasteiger partial charge in [-0.15, -0.1) is 0 Å². The molecule has 98 valence electrons. The normalized spacial score (nSPS) is 27.1. The smallest absolute Gasteiger partial charge is 0.307 e. The van der Waals surface area contributed by atoms with Crippen LogP contribution in [0.25, 0.3) is 0 Å². The number of carboxylic acid groups (broad SMARTS) is 1. The van der Waals surface area contributed by atoms with E-state index in [0.29, 0.717) is 19.4 Å². The largest absolute Gasteiger partial charge is 0.481 e. The molecular weight excluding hydrogens is 234 g/mol. The van der Waals surface area contributed by atoms with Gasteiger partial charge in [-0.05, 0) is 24.8 Å². The van der Waals surface area contributed by atoms with Crippen LogP contribution in [0, 0.1) is 17.8 Å². The highest BCUT2D eigenvalue weighted by Gasteiger charge is 2.40. The van der Waals surface area contributed by atoms with Crippen molar-refractivity contribution in [3.05, 3.63) is 24.2 Å². The number of nitrogens with one attached hydrogen (secondary N) is 1. The summed E-state index contributed by atoms with van der Waals surface area (Å²) < 4.78 is 4.90. The maximum absolute atomic E-state index is 12.0. The molecule has 1 saturated carbocycles. The van der Waals surface area contributed by atoms with Crippen molar-refractivity contribution in [3.63, 3.8) is 0 Å². The molecule has 0 aliphatic heterocycles. The van der Waals surface area contributed by atoms with Crippen LogP contribution in [-0.4, -0.2) is 17.0 Å². The first kappa shape index (κ1) is 12.7. The van der Waals surface area contributed by atoms with Crippen LogP contribution in [0.2, 0.25) is 0 Å². The van der Waals surface area contributed by atoms with Gasteiger partial charge in [0, 0.05) is 12.1 Å². The summed E-state index contributed by atoms with van der Waals surface area (Å²) in [6.45, 7) is 2.37. The van der Waals surface area contributed by atoms with Crippen molar-refractivity contribution in [2.45, 2.75) is 26.3 Å². The highest BCUT2D eigenvalue weighted by atomic mass is 16.4. The fraction of sp³-hybridized carbons (Fsp3) is 0.538. The third kappa shape index (κ3) is 2.72. The molecule has 0 saturated heterocycles. The maximum atomic E-state index is 12.0. The lowest BCUT2D eigenvalue weighted by Gasteiger charge is -2.15. The molecule has 0 radical (unpaired) electrons. The lowest BCUT2D eigenvalue weighted by molar-refractivity contribution is -0.146. The van der Waals surface area contributed by atoms with Gasteiger partial charge in [0.25, 0.3) is 0 Å². The highest BCUT2D eigenvalue weighted by molar-refractivity contribution is 5.85. The molecule has 3 unspecified atom stereocenters. The molecule has 2 N–H and O–H groups in total. The van der Waals surface area contributed by atoms with Crippen LogP contribution in [0.1, 0.15) is 25.3 Å². The molecule has 1 fully saturated rings. The van der Waals surface area contributed by atoms with Crippen LogP contribution < -0.4 is 5.32 Å². The summed E-state index contributed by atoms with van der Waals surface area (Å²) in [5, 5.41) is 11.9. The third-order valence-corrected chi connectivity index (χ3v) is 3.50. The molecule has 1 aliphatic rings. The number of carboxylic acids is 1. The summed E-state index contributed by atoms with van der Waals surface area (Å²) in [6.07, 6.45) is 4.33. The van der Waals surface area contributed by atoms with E-state index < -0.39 is 17.8 Å². The fourth-order valence-electron chi connectivity index (χ4n) is 2.57. The monoisotopic (exact) mass is 251 g/mol. The van der Waals surface area contributed by atoms with E-state index in [1.807, 2.05) is 6.92 Å². The van der Waals surface area contributed by atoms with E-state index in [4.69, 9.17) is 9.52 Å². The van der Waals surface area contributed by atoms with Crippen LogP contribution in [0.15, 0.2) is 23.0 Å². The van der Waals surface area contributed by atoms with Gasteiger partial charge in [-0.2, -0.15) is 0 Å². The Balaban J connectivity index is 1.93. The number of carbonyl (C=O) groups is 2. The quantitative estimate of drug-likeness (QED) is 0.852. The standard InChI is InChI=1S/C13H17NO4/c1-8-4-10(11(5-8)13(16)17)12(15)14-6-9-2-3-18-7-9/h2-3,7-8,10-11H,4-6H2,1H3,(H,14,15)(H,16,17).